The molecule has 8 atom stereocenters. The van der Waals surface area contributed by atoms with E-state index in [2.05, 4.69) is 96.6 Å². The molecule has 0 unspecified atom stereocenters. The molecule has 0 aliphatic heterocycles. The number of nitrogens with zero attached hydrogens (tertiary/aromatic N) is 1. The fraction of sp³-hybridized carbons (Fsp3) is 0.750. The standard InChI is InChI=1S/C40H57NO2S/c1-9-11-26-12-10-13-28(20-26)44-25-40-18-16-35(2,3)23-29(40)33-30(42)21-32-37(6)22-27-24-41-43-34(27)36(4,5)31(37)14-15-38(32,7)39(33,8)17-19-40/h10,12-13,20,24,29,31-33H,9,11,14-19,21-23,25H2,1-8H3/t29-,31-,32+,33-,37-,38+,39+,40+/m0/s1. The molecule has 0 saturated heterocycles. The van der Waals surface area contributed by atoms with Crippen molar-refractivity contribution < 1.29 is 9.32 Å². The zero-order valence-corrected chi connectivity index (χ0v) is 29.7. The average molecular weight is 616 g/mol. The molecule has 1 aromatic carbocycles. The summed E-state index contributed by atoms with van der Waals surface area (Å²) in [4.78, 5) is 16.4. The van der Waals surface area contributed by atoms with Gasteiger partial charge in [0.15, 0.2) is 0 Å². The zero-order valence-electron chi connectivity index (χ0n) is 28.9. The third-order valence-corrected chi connectivity index (χ3v) is 16.4. The Hall–Kier alpha value is -1.55. The molecule has 5 aliphatic rings. The van der Waals surface area contributed by atoms with Crippen LogP contribution in [0.2, 0.25) is 0 Å². The van der Waals surface area contributed by atoms with Crippen LogP contribution >= 0.6 is 11.8 Å². The summed E-state index contributed by atoms with van der Waals surface area (Å²) in [6.07, 6.45) is 14.8. The second kappa shape index (κ2) is 10.2. The van der Waals surface area contributed by atoms with Crippen molar-refractivity contribution in [2.45, 2.75) is 136 Å². The smallest absolute Gasteiger partial charge is 0.145 e. The molecular formula is C40H57NO2S. The van der Waals surface area contributed by atoms with Crippen LogP contribution in [0.25, 0.3) is 0 Å². The van der Waals surface area contributed by atoms with Gasteiger partial charge >= 0.3 is 0 Å². The first-order chi connectivity index (χ1) is 20.7. The number of fused-ring (bicyclic) bond motifs is 8. The fourth-order valence-electron chi connectivity index (χ4n) is 12.7. The summed E-state index contributed by atoms with van der Waals surface area (Å²) in [6, 6.07) is 9.29. The van der Waals surface area contributed by atoms with Crippen LogP contribution in [-0.2, 0) is 23.1 Å². The lowest BCUT2D eigenvalue weighted by molar-refractivity contribution is -0.226. The quantitative estimate of drug-likeness (QED) is 0.314. The molecule has 1 aromatic heterocycles. The highest BCUT2D eigenvalue weighted by Gasteiger charge is 2.72. The van der Waals surface area contributed by atoms with Crippen molar-refractivity contribution >= 4 is 17.5 Å². The number of aryl methyl sites for hydroxylation is 1. The summed E-state index contributed by atoms with van der Waals surface area (Å²) in [5, 5.41) is 4.28. The summed E-state index contributed by atoms with van der Waals surface area (Å²) < 4.78 is 5.90. The van der Waals surface area contributed by atoms with Crippen LogP contribution in [0.1, 0.15) is 130 Å². The molecule has 0 amide bonds. The number of ketones is 1. The lowest BCUT2D eigenvalue weighted by Gasteiger charge is -2.72. The summed E-state index contributed by atoms with van der Waals surface area (Å²) in [6.45, 7) is 19.8. The lowest BCUT2D eigenvalue weighted by Crippen LogP contribution is -2.69. The van der Waals surface area contributed by atoms with Gasteiger partial charge in [0.05, 0.1) is 6.20 Å². The van der Waals surface area contributed by atoms with Gasteiger partial charge in [0.1, 0.15) is 11.5 Å². The van der Waals surface area contributed by atoms with E-state index in [0.717, 1.165) is 30.8 Å². The third-order valence-electron chi connectivity index (χ3n) is 15.1. The van der Waals surface area contributed by atoms with Crippen LogP contribution in [0.4, 0.5) is 0 Å². The number of Topliss-reactive ketones (excluding diaryl/α,β-unsaturated/α-hetero) is 1. The van der Waals surface area contributed by atoms with Crippen molar-refractivity contribution in [3.63, 3.8) is 0 Å². The molecule has 44 heavy (non-hydrogen) atoms. The molecule has 240 valence electrons. The van der Waals surface area contributed by atoms with Gasteiger partial charge in [0, 0.05) is 34.0 Å². The van der Waals surface area contributed by atoms with Crippen LogP contribution < -0.4 is 0 Å². The molecule has 7 rings (SSSR count). The van der Waals surface area contributed by atoms with Crippen LogP contribution in [0.5, 0.6) is 0 Å². The maximum Gasteiger partial charge on any atom is 0.145 e. The van der Waals surface area contributed by atoms with Gasteiger partial charge in [-0.25, -0.2) is 0 Å². The van der Waals surface area contributed by atoms with E-state index in [9.17, 15) is 4.79 Å². The molecule has 0 N–H and O–H groups in total. The Morgan fingerprint density at radius 1 is 0.955 bits per heavy atom. The Balaban J connectivity index is 1.24. The molecule has 0 radical (unpaired) electrons. The van der Waals surface area contributed by atoms with Crippen molar-refractivity contribution in [2.24, 2.45) is 50.7 Å². The predicted molar refractivity (Wildman–Crippen MR) is 181 cm³/mol. The molecule has 0 spiro atoms. The Kier molecular flexibility index (Phi) is 7.22. The number of carbonyl (C=O) groups excluding carboxylic acids is 1. The summed E-state index contributed by atoms with van der Waals surface area (Å²) in [7, 11) is 0. The minimum absolute atomic E-state index is 0.0490. The molecule has 0 bridgehead atoms. The number of hydrogen-bond donors (Lipinski definition) is 0. The van der Waals surface area contributed by atoms with Crippen molar-refractivity contribution in [3.05, 3.63) is 47.3 Å². The van der Waals surface area contributed by atoms with Gasteiger partial charge in [-0.05, 0) is 120 Å². The monoisotopic (exact) mass is 615 g/mol. The first-order valence-corrected chi connectivity index (χ1v) is 18.9. The van der Waals surface area contributed by atoms with E-state index in [1.807, 2.05) is 6.20 Å². The Bertz CT molecular complexity index is 1440. The number of rotatable bonds is 5. The number of thioether (sulfide) groups is 1. The SMILES string of the molecule is CCCc1cccc(SC[C@]23CCC(C)(C)C[C@H]2[C@H]2C(=O)C[C@@H]4[C@@]5(C)Cc6cnoc6C(C)(C)[C@@H]5CC[C@@]4(C)[C@]2(C)CC3)c1. The normalized spacial score (nSPS) is 42.0. The number of aromatic nitrogens is 1. The molecule has 2 aromatic rings. The Labute approximate surface area is 271 Å². The summed E-state index contributed by atoms with van der Waals surface area (Å²) in [5.41, 5.74) is 3.55. The third kappa shape index (κ3) is 4.34. The highest BCUT2D eigenvalue weighted by atomic mass is 32.2. The van der Waals surface area contributed by atoms with Gasteiger partial charge < -0.3 is 4.52 Å². The minimum Gasteiger partial charge on any atom is -0.361 e. The van der Waals surface area contributed by atoms with Gasteiger partial charge in [0.25, 0.3) is 0 Å². The van der Waals surface area contributed by atoms with E-state index in [-0.39, 0.29) is 33.0 Å². The zero-order chi connectivity index (χ0) is 31.3. The highest BCUT2D eigenvalue weighted by Crippen LogP contribution is 2.76. The van der Waals surface area contributed by atoms with E-state index in [0.29, 0.717) is 29.0 Å². The van der Waals surface area contributed by atoms with Crippen LogP contribution in [0, 0.1) is 50.7 Å². The molecule has 1 heterocycles. The molecular weight excluding hydrogens is 559 g/mol. The minimum atomic E-state index is -0.0538. The molecule has 5 aliphatic carbocycles. The van der Waals surface area contributed by atoms with E-state index in [4.69, 9.17) is 4.52 Å². The topological polar surface area (TPSA) is 43.1 Å². The van der Waals surface area contributed by atoms with Crippen molar-refractivity contribution in [1.82, 2.24) is 5.16 Å². The number of carbonyl (C=O) groups is 1. The average Bonchev–Trinajstić information content (AvgIpc) is 3.43. The molecule has 4 heteroatoms. The highest BCUT2D eigenvalue weighted by molar-refractivity contribution is 7.99. The lowest BCUT2D eigenvalue weighted by atomic mass is 9.31. The van der Waals surface area contributed by atoms with Crippen LogP contribution in [-0.4, -0.2) is 16.7 Å². The Morgan fingerprint density at radius 2 is 1.73 bits per heavy atom. The largest absolute Gasteiger partial charge is 0.361 e. The van der Waals surface area contributed by atoms with Gasteiger partial charge in [-0.15, -0.1) is 11.8 Å². The van der Waals surface area contributed by atoms with E-state index < -0.39 is 0 Å². The van der Waals surface area contributed by atoms with E-state index >= 15 is 0 Å². The summed E-state index contributed by atoms with van der Waals surface area (Å²) in [5.74, 6) is 4.45. The second-order valence-corrected chi connectivity index (χ2v) is 19.3. The maximum atomic E-state index is 15.0. The van der Waals surface area contributed by atoms with Gasteiger partial charge in [-0.3, -0.25) is 4.79 Å². The van der Waals surface area contributed by atoms with Crippen molar-refractivity contribution in [3.8, 4) is 0 Å². The van der Waals surface area contributed by atoms with E-state index in [1.54, 1.807) is 0 Å². The Morgan fingerprint density at radius 3 is 2.50 bits per heavy atom. The number of benzene rings is 1. The van der Waals surface area contributed by atoms with Gasteiger partial charge in [0.2, 0.25) is 0 Å². The van der Waals surface area contributed by atoms with Crippen LogP contribution in [0.3, 0.4) is 0 Å². The van der Waals surface area contributed by atoms with Gasteiger partial charge in [-0.2, -0.15) is 0 Å². The maximum absolute atomic E-state index is 15.0. The summed E-state index contributed by atoms with van der Waals surface area (Å²) >= 11 is 2.09. The molecule has 4 saturated carbocycles. The van der Waals surface area contributed by atoms with E-state index in [1.165, 1.54) is 67.4 Å². The molecule has 4 fully saturated rings. The number of hydrogen-bond acceptors (Lipinski definition) is 4. The predicted octanol–water partition coefficient (Wildman–Crippen LogP) is 10.5. The van der Waals surface area contributed by atoms with Crippen molar-refractivity contribution in [2.75, 3.05) is 5.75 Å². The fourth-order valence-corrected chi connectivity index (χ4v) is 14.0. The first kappa shape index (κ1) is 31.1. The van der Waals surface area contributed by atoms with Crippen molar-refractivity contribution in [1.29, 1.82) is 0 Å². The van der Waals surface area contributed by atoms with Crippen LogP contribution in [0.15, 0.2) is 39.9 Å². The second-order valence-electron chi connectivity index (χ2n) is 18.2. The first-order valence-electron chi connectivity index (χ1n) is 17.9. The van der Waals surface area contributed by atoms with Gasteiger partial charge in [-0.1, -0.05) is 79.1 Å². The molecule has 3 nitrogen and oxygen atoms in total.